The maximum Gasteiger partial charge on any atom is 0.307 e. The third-order valence-electron chi connectivity index (χ3n) is 5.13. The van der Waals surface area contributed by atoms with Gasteiger partial charge in [-0.25, -0.2) is 9.97 Å². The molecule has 34 heavy (non-hydrogen) atoms. The molecular weight excluding hydrogens is 432 g/mol. The van der Waals surface area contributed by atoms with Gasteiger partial charge in [0, 0.05) is 37.6 Å². The molecule has 0 atom stereocenters. The summed E-state index contributed by atoms with van der Waals surface area (Å²) in [7, 11) is 3.89. The van der Waals surface area contributed by atoms with Gasteiger partial charge in [-0.05, 0) is 25.0 Å². The predicted octanol–water partition coefficient (Wildman–Crippen LogP) is 4.05. The van der Waals surface area contributed by atoms with E-state index in [0.717, 1.165) is 45.3 Å². The lowest BCUT2D eigenvalue weighted by Gasteiger charge is -2.02. The van der Waals surface area contributed by atoms with Crippen molar-refractivity contribution in [3.63, 3.8) is 0 Å². The van der Waals surface area contributed by atoms with E-state index in [1.165, 1.54) is 0 Å². The van der Waals surface area contributed by atoms with Crippen molar-refractivity contribution in [3.05, 3.63) is 83.4 Å². The van der Waals surface area contributed by atoms with Gasteiger partial charge in [-0.2, -0.15) is 0 Å². The van der Waals surface area contributed by atoms with E-state index in [2.05, 4.69) is 9.97 Å². The van der Waals surface area contributed by atoms with Crippen molar-refractivity contribution >= 4 is 11.9 Å². The van der Waals surface area contributed by atoms with Crippen molar-refractivity contribution < 1.29 is 19.8 Å². The van der Waals surface area contributed by atoms with Crippen LogP contribution in [0.4, 0.5) is 0 Å². The van der Waals surface area contributed by atoms with Crippen LogP contribution in [0.5, 0.6) is 0 Å². The monoisotopic (exact) mass is 460 g/mol. The minimum Gasteiger partial charge on any atom is -0.481 e. The summed E-state index contributed by atoms with van der Waals surface area (Å²) in [6.07, 6.45) is 4.03. The summed E-state index contributed by atoms with van der Waals surface area (Å²) < 4.78 is 3.92. The molecule has 0 aliphatic heterocycles. The number of carboxylic acids is 2. The SMILES string of the molecule is Cc1cn(C)c(-c2ccc(CC(=O)O)cc2)n1.Cc1cn(C)c(-c2ccc(CC(=O)O)cc2)n1. The molecule has 2 heterocycles. The van der Waals surface area contributed by atoms with Gasteiger partial charge in [0.15, 0.2) is 0 Å². The lowest BCUT2D eigenvalue weighted by Crippen LogP contribution is -1.99. The highest BCUT2D eigenvalue weighted by atomic mass is 16.4. The number of benzene rings is 2. The third kappa shape index (κ3) is 6.41. The third-order valence-corrected chi connectivity index (χ3v) is 5.13. The fraction of sp³-hybridized carbons (Fsp3) is 0.231. The van der Waals surface area contributed by atoms with Crippen LogP contribution in [0.2, 0.25) is 0 Å². The van der Waals surface area contributed by atoms with Crippen LogP contribution in [0.3, 0.4) is 0 Å². The highest BCUT2D eigenvalue weighted by Crippen LogP contribution is 2.20. The molecular formula is C26H28N4O4. The minimum atomic E-state index is -0.814. The summed E-state index contributed by atoms with van der Waals surface area (Å²) in [5.41, 5.74) is 5.53. The Morgan fingerprint density at radius 3 is 1.24 bits per heavy atom. The zero-order chi connectivity index (χ0) is 24.8. The summed E-state index contributed by atoms with van der Waals surface area (Å²) >= 11 is 0. The number of hydrogen-bond donors (Lipinski definition) is 2. The van der Waals surface area contributed by atoms with Gasteiger partial charge in [-0.15, -0.1) is 0 Å². The molecule has 0 aliphatic carbocycles. The van der Waals surface area contributed by atoms with Gasteiger partial charge in [0.25, 0.3) is 0 Å². The number of aromatic nitrogens is 4. The fourth-order valence-corrected chi connectivity index (χ4v) is 3.66. The van der Waals surface area contributed by atoms with E-state index < -0.39 is 11.9 Å². The molecule has 0 aliphatic rings. The number of carbonyl (C=O) groups is 2. The molecule has 4 aromatic rings. The van der Waals surface area contributed by atoms with Crippen LogP contribution < -0.4 is 0 Å². The second-order valence-electron chi connectivity index (χ2n) is 8.17. The van der Waals surface area contributed by atoms with Gasteiger partial charge in [0.2, 0.25) is 0 Å². The smallest absolute Gasteiger partial charge is 0.307 e. The van der Waals surface area contributed by atoms with Gasteiger partial charge < -0.3 is 19.3 Å². The molecule has 2 N–H and O–H groups in total. The molecule has 0 amide bonds. The summed E-state index contributed by atoms with van der Waals surface area (Å²) in [6, 6.07) is 14.9. The van der Waals surface area contributed by atoms with Crippen molar-refractivity contribution in [1.82, 2.24) is 19.1 Å². The van der Waals surface area contributed by atoms with Crippen LogP contribution in [0.25, 0.3) is 22.8 Å². The zero-order valence-electron chi connectivity index (χ0n) is 19.7. The average Bonchev–Trinajstić information content (AvgIpc) is 3.28. The van der Waals surface area contributed by atoms with E-state index in [-0.39, 0.29) is 12.8 Å². The number of aryl methyl sites for hydroxylation is 4. The lowest BCUT2D eigenvalue weighted by molar-refractivity contribution is -0.137. The minimum absolute atomic E-state index is 0.0554. The second kappa shape index (κ2) is 10.6. The average molecular weight is 461 g/mol. The molecule has 176 valence electrons. The zero-order valence-corrected chi connectivity index (χ0v) is 19.7. The molecule has 0 saturated heterocycles. The Balaban J connectivity index is 0.000000191. The predicted molar refractivity (Wildman–Crippen MR) is 129 cm³/mol. The number of imidazole rings is 2. The number of carboxylic acid groups (broad SMARTS) is 2. The molecule has 0 fully saturated rings. The van der Waals surface area contributed by atoms with Crippen LogP contribution in [-0.4, -0.2) is 41.3 Å². The van der Waals surface area contributed by atoms with Crippen LogP contribution in [0, 0.1) is 13.8 Å². The molecule has 0 radical (unpaired) electrons. The van der Waals surface area contributed by atoms with Gasteiger partial charge in [0.05, 0.1) is 24.2 Å². The Labute approximate surface area is 198 Å². The largest absolute Gasteiger partial charge is 0.481 e. The van der Waals surface area contributed by atoms with Gasteiger partial charge in [0.1, 0.15) is 11.6 Å². The first-order valence-corrected chi connectivity index (χ1v) is 10.7. The Morgan fingerprint density at radius 1 is 0.676 bits per heavy atom. The molecule has 2 aromatic carbocycles. The van der Waals surface area contributed by atoms with E-state index in [1.807, 2.05) is 98.0 Å². The molecule has 2 aromatic heterocycles. The first kappa shape index (κ1) is 24.4. The van der Waals surface area contributed by atoms with E-state index in [9.17, 15) is 9.59 Å². The first-order chi connectivity index (χ1) is 16.1. The van der Waals surface area contributed by atoms with Crippen molar-refractivity contribution in [3.8, 4) is 22.8 Å². The van der Waals surface area contributed by atoms with Crippen molar-refractivity contribution in [2.45, 2.75) is 26.7 Å². The maximum absolute atomic E-state index is 10.6. The molecule has 0 saturated carbocycles. The van der Waals surface area contributed by atoms with E-state index in [4.69, 9.17) is 10.2 Å². The van der Waals surface area contributed by atoms with Crippen molar-refractivity contribution in [2.24, 2.45) is 14.1 Å². The topological polar surface area (TPSA) is 110 Å². The number of rotatable bonds is 6. The van der Waals surface area contributed by atoms with Gasteiger partial charge in [-0.1, -0.05) is 48.5 Å². The highest BCUT2D eigenvalue weighted by molar-refractivity contribution is 5.71. The summed E-state index contributed by atoms with van der Waals surface area (Å²) in [5, 5.41) is 17.4. The Kier molecular flexibility index (Phi) is 7.63. The Bertz CT molecular complexity index is 1180. The lowest BCUT2D eigenvalue weighted by atomic mass is 10.1. The maximum atomic E-state index is 10.6. The second-order valence-corrected chi connectivity index (χ2v) is 8.17. The van der Waals surface area contributed by atoms with Crippen LogP contribution in [0.15, 0.2) is 60.9 Å². The molecule has 8 heteroatoms. The molecule has 4 rings (SSSR count). The van der Waals surface area contributed by atoms with Crippen LogP contribution in [0.1, 0.15) is 22.5 Å². The molecule has 0 unspecified atom stereocenters. The van der Waals surface area contributed by atoms with Gasteiger partial charge >= 0.3 is 11.9 Å². The number of nitrogens with zero attached hydrogens (tertiary/aromatic N) is 4. The molecule has 8 nitrogen and oxygen atoms in total. The first-order valence-electron chi connectivity index (χ1n) is 10.7. The molecule has 0 spiro atoms. The Hall–Kier alpha value is -4.20. The fourth-order valence-electron chi connectivity index (χ4n) is 3.66. The highest BCUT2D eigenvalue weighted by Gasteiger charge is 2.07. The Morgan fingerprint density at radius 2 is 1.00 bits per heavy atom. The van der Waals surface area contributed by atoms with Gasteiger partial charge in [-0.3, -0.25) is 9.59 Å². The number of hydrogen-bond acceptors (Lipinski definition) is 4. The summed E-state index contributed by atoms with van der Waals surface area (Å²) in [6.45, 7) is 3.89. The van der Waals surface area contributed by atoms with Crippen molar-refractivity contribution in [1.29, 1.82) is 0 Å². The number of aliphatic carboxylic acids is 2. The quantitative estimate of drug-likeness (QED) is 0.449. The molecule has 0 bridgehead atoms. The van der Waals surface area contributed by atoms with Crippen LogP contribution >= 0.6 is 0 Å². The standard InChI is InChI=1S/2C13H14N2O2/c2*1-9-8-15(2)13(14-9)11-5-3-10(4-6-11)7-12(16)17/h2*3-6,8H,7H2,1-2H3,(H,16,17). The summed E-state index contributed by atoms with van der Waals surface area (Å²) in [4.78, 5) is 30.0. The van der Waals surface area contributed by atoms with Crippen LogP contribution in [-0.2, 0) is 36.5 Å². The van der Waals surface area contributed by atoms with E-state index >= 15 is 0 Å². The van der Waals surface area contributed by atoms with E-state index in [0.29, 0.717) is 0 Å². The van der Waals surface area contributed by atoms with E-state index in [1.54, 1.807) is 0 Å². The summed E-state index contributed by atoms with van der Waals surface area (Å²) in [5.74, 6) is 0.157. The normalized spacial score (nSPS) is 10.5. The van der Waals surface area contributed by atoms with Crippen molar-refractivity contribution in [2.75, 3.05) is 0 Å².